The largest absolute Gasteiger partial charge is 0.334 e. The molecule has 3 heterocycles. The summed E-state index contributed by atoms with van der Waals surface area (Å²) in [4.78, 5) is 20.0. The van der Waals surface area contributed by atoms with Gasteiger partial charge >= 0.3 is 0 Å². The maximum absolute atomic E-state index is 12.6. The molecule has 9 heteroatoms. The summed E-state index contributed by atoms with van der Waals surface area (Å²) in [7, 11) is 0. The van der Waals surface area contributed by atoms with E-state index in [1.165, 1.54) is 11.8 Å². The number of benzene rings is 1. The third kappa shape index (κ3) is 4.28. The Labute approximate surface area is 172 Å². The number of hydrogen-bond donors (Lipinski definition) is 0. The first-order valence-corrected chi connectivity index (χ1v) is 10.4. The summed E-state index contributed by atoms with van der Waals surface area (Å²) in [6.45, 7) is 3.05. The summed E-state index contributed by atoms with van der Waals surface area (Å²) in [5, 5.41) is 9.44. The molecule has 1 aliphatic rings. The summed E-state index contributed by atoms with van der Waals surface area (Å²) >= 11 is 7.46. The van der Waals surface area contributed by atoms with Crippen molar-refractivity contribution in [1.29, 1.82) is 0 Å². The summed E-state index contributed by atoms with van der Waals surface area (Å²) in [6.07, 6.45) is 3.55. The second kappa shape index (κ2) is 8.62. The van der Waals surface area contributed by atoms with Crippen LogP contribution in [0.5, 0.6) is 0 Å². The zero-order valence-electron chi connectivity index (χ0n) is 15.2. The molecular formula is C19H20ClN6OS+. The number of carbonyl (C=O) groups is 1. The molecule has 144 valence electrons. The number of piperazine rings is 1. The highest BCUT2D eigenvalue weighted by Crippen LogP contribution is 2.22. The summed E-state index contributed by atoms with van der Waals surface area (Å²) in [5.74, 6) is 1.53. The van der Waals surface area contributed by atoms with E-state index in [-0.39, 0.29) is 5.91 Å². The van der Waals surface area contributed by atoms with Gasteiger partial charge in [0.15, 0.2) is 5.16 Å². The molecule has 1 amide bonds. The highest BCUT2D eigenvalue weighted by atomic mass is 35.5. The van der Waals surface area contributed by atoms with Crippen LogP contribution < -0.4 is 9.88 Å². The zero-order chi connectivity index (χ0) is 19.3. The SMILES string of the molecule is O=C(CSc1nncn1-c1cccc(Cl)c1)N1CCN(c2cccc[nH+]2)CC1. The van der Waals surface area contributed by atoms with Crippen molar-refractivity contribution in [2.45, 2.75) is 5.16 Å². The van der Waals surface area contributed by atoms with Crippen LogP contribution >= 0.6 is 23.4 Å². The van der Waals surface area contributed by atoms with Crippen molar-refractivity contribution in [2.75, 3.05) is 36.8 Å². The minimum atomic E-state index is 0.113. The van der Waals surface area contributed by atoms with Crippen molar-refractivity contribution in [3.05, 3.63) is 60.0 Å². The highest BCUT2D eigenvalue weighted by molar-refractivity contribution is 7.99. The number of anilines is 1. The van der Waals surface area contributed by atoms with E-state index in [0.717, 1.165) is 24.6 Å². The predicted molar refractivity (Wildman–Crippen MR) is 109 cm³/mol. The molecule has 0 unspecified atom stereocenters. The van der Waals surface area contributed by atoms with Crippen LogP contribution in [0.3, 0.4) is 0 Å². The quantitative estimate of drug-likeness (QED) is 0.597. The van der Waals surface area contributed by atoms with Crippen LogP contribution in [0.15, 0.2) is 60.1 Å². The van der Waals surface area contributed by atoms with E-state index in [1.54, 1.807) is 6.33 Å². The second-order valence-corrected chi connectivity index (χ2v) is 7.75. The molecule has 7 nitrogen and oxygen atoms in total. The van der Waals surface area contributed by atoms with Crippen molar-refractivity contribution in [3.8, 4) is 5.69 Å². The van der Waals surface area contributed by atoms with Crippen LogP contribution in [0.1, 0.15) is 0 Å². The van der Waals surface area contributed by atoms with Gasteiger partial charge in [0.05, 0.1) is 30.7 Å². The van der Waals surface area contributed by atoms with Gasteiger partial charge in [0.25, 0.3) is 5.82 Å². The number of aromatic nitrogens is 4. The number of halogens is 1. The Bertz CT molecular complexity index is 942. The molecule has 1 saturated heterocycles. The fourth-order valence-corrected chi connectivity index (χ4v) is 4.14. The number of hydrogen-bond acceptors (Lipinski definition) is 5. The smallest absolute Gasteiger partial charge is 0.274 e. The normalized spacial score (nSPS) is 14.3. The maximum atomic E-state index is 12.6. The van der Waals surface area contributed by atoms with Crippen LogP contribution in [0.4, 0.5) is 5.82 Å². The topological polar surface area (TPSA) is 68.4 Å². The molecule has 28 heavy (non-hydrogen) atoms. The van der Waals surface area contributed by atoms with E-state index < -0.39 is 0 Å². The third-order valence-corrected chi connectivity index (χ3v) is 5.76. The zero-order valence-corrected chi connectivity index (χ0v) is 16.7. The lowest BCUT2D eigenvalue weighted by Crippen LogP contribution is -2.50. The van der Waals surface area contributed by atoms with E-state index in [9.17, 15) is 4.79 Å². The lowest BCUT2D eigenvalue weighted by atomic mass is 10.3. The molecule has 1 aliphatic heterocycles. The van der Waals surface area contributed by atoms with Crippen molar-refractivity contribution in [2.24, 2.45) is 0 Å². The molecule has 4 rings (SSSR count). The highest BCUT2D eigenvalue weighted by Gasteiger charge is 2.26. The molecular weight excluding hydrogens is 396 g/mol. The first-order chi connectivity index (χ1) is 13.7. The van der Waals surface area contributed by atoms with Gasteiger partial charge in [-0.05, 0) is 24.3 Å². The average Bonchev–Trinajstić information content (AvgIpc) is 3.21. The van der Waals surface area contributed by atoms with E-state index in [4.69, 9.17) is 11.6 Å². The van der Waals surface area contributed by atoms with Gasteiger partial charge in [-0.2, -0.15) is 0 Å². The van der Waals surface area contributed by atoms with Crippen molar-refractivity contribution < 1.29 is 9.78 Å². The summed E-state index contributed by atoms with van der Waals surface area (Å²) in [6, 6.07) is 13.5. The Morgan fingerprint density at radius 1 is 1.14 bits per heavy atom. The van der Waals surface area contributed by atoms with Gasteiger partial charge in [-0.25, -0.2) is 4.98 Å². The monoisotopic (exact) mass is 415 g/mol. The van der Waals surface area contributed by atoms with Crippen LogP contribution in [0.2, 0.25) is 5.02 Å². The fraction of sp³-hybridized carbons (Fsp3) is 0.263. The third-order valence-electron chi connectivity index (χ3n) is 4.59. The number of pyridine rings is 1. The second-order valence-electron chi connectivity index (χ2n) is 6.37. The van der Waals surface area contributed by atoms with Gasteiger partial charge in [0.1, 0.15) is 19.4 Å². The number of rotatable bonds is 5. The number of amides is 1. The molecule has 0 saturated carbocycles. The molecule has 0 bridgehead atoms. The van der Waals surface area contributed by atoms with E-state index >= 15 is 0 Å². The van der Waals surface area contributed by atoms with E-state index in [0.29, 0.717) is 29.0 Å². The average molecular weight is 416 g/mol. The molecule has 0 atom stereocenters. The lowest BCUT2D eigenvalue weighted by Gasteiger charge is -2.30. The van der Waals surface area contributed by atoms with Crippen LogP contribution in [0.25, 0.3) is 5.69 Å². The van der Waals surface area contributed by atoms with E-state index in [1.807, 2.05) is 52.1 Å². The molecule has 0 aliphatic carbocycles. The van der Waals surface area contributed by atoms with Gasteiger partial charge in [-0.1, -0.05) is 35.5 Å². The molecule has 0 spiro atoms. The number of thioether (sulfide) groups is 1. The molecule has 0 radical (unpaired) electrons. The number of nitrogens with one attached hydrogen (secondary N) is 1. The molecule has 2 aromatic heterocycles. The number of carbonyl (C=O) groups excluding carboxylic acids is 1. The van der Waals surface area contributed by atoms with Gasteiger partial charge in [0, 0.05) is 11.1 Å². The van der Waals surface area contributed by atoms with E-state index in [2.05, 4.69) is 26.1 Å². The number of aromatic amines is 1. The van der Waals surface area contributed by atoms with Crippen molar-refractivity contribution in [1.82, 2.24) is 19.7 Å². The summed E-state index contributed by atoms with van der Waals surface area (Å²) < 4.78 is 1.84. The number of H-pyrrole nitrogens is 1. The standard InChI is InChI=1S/C19H19ClN6OS/c20-15-4-3-5-16(12-15)26-14-22-23-19(26)28-13-18(27)25-10-8-24(9-11-25)17-6-1-2-7-21-17/h1-7,12,14H,8-11,13H2/p+1. The minimum absolute atomic E-state index is 0.113. The molecule has 3 aromatic rings. The summed E-state index contributed by atoms with van der Waals surface area (Å²) in [5.41, 5.74) is 0.875. The minimum Gasteiger partial charge on any atom is -0.334 e. The van der Waals surface area contributed by atoms with Crippen molar-refractivity contribution >= 4 is 35.1 Å². The van der Waals surface area contributed by atoms with Crippen LogP contribution in [-0.2, 0) is 4.79 Å². The predicted octanol–water partition coefficient (Wildman–Crippen LogP) is 2.18. The molecule has 1 aromatic carbocycles. The van der Waals surface area contributed by atoms with Gasteiger partial charge in [-0.15, -0.1) is 10.2 Å². The number of nitrogens with zero attached hydrogens (tertiary/aromatic N) is 5. The van der Waals surface area contributed by atoms with Crippen LogP contribution in [0, 0.1) is 0 Å². The van der Waals surface area contributed by atoms with Crippen molar-refractivity contribution in [3.63, 3.8) is 0 Å². The van der Waals surface area contributed by atoms with Gasteiger partial charge in [-0.3, -0.25) is 14.3 Å². The van der Waals surface area contributed by atoms with Gasteiger partial charge < -0.3 is 4.90 Å². The first kappa shape index (κ1) is 18.8. The van der Waals surface area contributed by atoms with Gasteiger partial charge in [0.2, 0.25) is 5.91 Å². The Balaban J connectivity index is 1.33. The Morgan fingerprint density at radius 3 is 2.75 bits per heavy atom. The fourth-order valence-electron chi connectivity index (χ4n) is 3.12. The molecule has 1 fully saturated rings. The Hall–Kier alpha value is -2.58. The Kier molecular flexibility index (Phi) is 5.78. The first-order valence-electron chi connectivity index (χ1n) is 8.99. The van der Waals surface area contributed by atoms with Crippen LogP contribution in [-0.4, -0.2) is 57.5 Å². The maximum Gasteiger partial charge on any atom is 0.274 e. The molecule has 1 N–H and O–H groups in total. The Morgan fingerprint density at radius 2 is 2.00 bits per heavy atom. The lowest BCUT2D eigenvalue weighted by molar-refractivity contribution is -0.364.